The first-order chi connectivity index (χ1) is 19.7. The minimum Gasteiger partial charge on any atom is -0.378 e. The Hall–Kier alpha value is -3.68. The summed E-state index contributed by atoms with van der Waals surface area (Å²) in [6, 6.07) is 8.75. The van der Waals surface area contributed by atoms with Crippen LogP contribution in [0.2, 0.25) is 0 Å². The van der Waals surface area contributed by atoms with Crippen molar-refractivity contribution in [2.45, 2.75) is 44.3 Å². The number of rotatable bonds is 8. The van der Waals surface area contributed by atoms with Crippen molar-refractivity contribution >= 4 is 38.4 Å². The van der Waals surface area contributed by atoms with Crippen LogP contribution in [0.4, 0.5) is 5.69 Å². The molecule has 0 radical (unpaired) electrons. The number of sulfonamides is 1. The van der Waals surface area contributed by atoms with Crippen LogP contribution in [0.1, 0.15) is 47.0 Å². The summed E-state index contributed by atoms with van der Waals surface area (Å²) >= 11 is 0. The molecule has 2 amide bonds. The molecule has 13 heteroatoms. The molecule has 3 aliphatic heterocycles. The number of ketones is 1. The van der Waals surface area contributed by atoms with Crippen LogP contribution >= 0.6 is 0 Å². The molecular weight excluding hydrogens is 550 g/mol. The van der Waals surface area contributed by atoms with Crippen molar-refractivity contribution in [2.24, 2.45) is 0 Å². The number of aromatic nitrogens is 1. The van der Waals surface area contributed by atoms with Crippen LogP contribution in [-0.4, -0.2) is 103 Å². The van der Waals surface area contributed by atoms with Gasteiger partial charge < -0.3 is 19.9 Å². The topological polar surface area (TPSA) is 146 Å². The van der Waals surface area contributed by atoms with Crippen molar-refractivity contribution in [3.8, 4) is 0 Å². The maximum atomic E-state index is 13.7. The number of pyridine rings is 1. The van der Waals surface area contributed by atoms with E-state index < -0.39 is 57.4 Å². The highest BCUT2D eigenvalue weighted by atomic mass is 32.2. The third-order valence-corrected chi connectivity index (χ3v) is 9.46. The van der Waals surface area contributed by atoms with Crippen LogP contribution in [0.5, 0.6) is 0 Å². The van der Waals surface area contributed by atoms with Gasteiger partial charge in [0, 0.05) is 37.1 Å². The van der Waals surface area contributed by atoms with Crippen molar-refractivity contribution in [3.63, 3.8) is 0 Å². The van der Waals surface area contributed by atoms with E-state index >= 15 is 0 Å². The molecule has 41 heavy (non-hydrogen) atoms. The molecule has 0 spiro atoms. The molecule has 218 valence electrons. The van der Waals surface area contributed by atoms with Gasteiger partial charge in [0.2, 0.25) is 5.91 Å². The first-order valence-electron chi connectivity index (χ1n) is 13.8. The molecule has 0 bridgehead atoms. The number of anilines is 1. The van der Waals surface area contributed by atoms with Gasteiger partial charge in [0.15, 0.2) is 5.78 Å². The average molecular weight is 584 g/mol. The number of fused-ring (bicyclic) bond motifs is 1. The number of morpholine rings is 1. The second-order valence-corrected chi connectivity index (χ2v) is 12.1. The van der Waals surface area contributed by atoms with E-state index in [1.165, 1.54) is 23.2 Å². The predicted octanol–water partition coefficient (Wildman–Crippen LogP) is 0.841. The van der Waals surface area contributed by atoms with Gasteiger partial charge in [0.05, 0.1) is 25.8 Å². The second kappa shape index (κ2) is 12.0. The number of likely N-dealkylation sites (tertiary alicyclic amines) is 1. The number of nitrogens with zero attached hydrogens (tertiary/aromatic N) is 4. The Labute approximate surface area is 238 Å². The monoisotopic (exact) mass is 583 g/mol. The predicted molar refractivity (Wildman–Crippen MR) is 149 cm³/mol. The van der Waals surface area contributed by atoms with Crippen LogP contribution in [0.15, 0.2) is 48.7 Å². The van der Waals surface area contributed by atoms with Gasteiger partial charge in [-0.25, -0.2) is 8.42 Å². The Morgan fingerprint density at radius 2 is 1.80 bits per heavy atom. The molecule has 1 aromatic heterocycles. The Morgan fingerprint density at radius 1 is 1.07 bits per heavy atom. The first-order valence-corrected chi connectivity index (χ1v) is 15.2. The minimum absolute atomic E-state index is 0.133. The van der Waals surface area contributed by atoms with Crippen LogP contribution in [0, 0.1) is 0 Å². The zero-order chi connectivity index (χ0) is 29.1. The van der Waals surface area contributed by atoms with Gasteiger partial charge in [-0.15, -0.1) is 0 Å². The minimum atomic E-state index is -4.53. The van der Waals surface area contributed by atoms with Crippen molar-refractivity contribution < 1.29 is 32.3 Å². The molecule has 4 heterocycles. The number of hydrogen-bond acceptors (Lipinski definition) is 9. The summed E-state index contributed by atoms with van der Waals surface area (Å²) in [5.41, 5.74) is 1.14. The molecule has 3 saturated heterocycles. The Morgan fingerprint density at radius 3 is 2.46 bits per heavy atom. The summed E-state index contributed by atoms with van der Waals surface area (Å²) in [5.74, 6) is -1.32. The maximum absolute atomic E-state index is 13.7. The summed E-state index contributed by atoms with van der Waals surface area (Å²) < 4.78 is 32.6. The largest absolute Gasteiger partial charge is 0.378 e. The molecule has 3 aliphatic rings. The van der Waals surface area contributed by atoms with Crippen LogP contribution in [-0.2, 0) is 24.3 Å². The fourth-order valence-electron chi connectivity index (χ4n) is 5.70. The van der Waals surface area contributed by atoms with Gasteiger partial charge in [-0.05, 0) is 49.2 Å². The Bertz CT molecular complexity index is 1410. The highest BCUT2D eigenvalue weighted by molar-refractivity contribution is 8.04. The van der Waals surface area contributed by atoms with Gasteiger partial charge >= 0.3 is 5.12 Å². The number of ether oxygens (including phenoxy) is 1. The van der Waals surface area contributed by atoms with Gasteiger partial charge in [-0.3, -0.25) is 24.2 Å². The van der Waals surface area contributed by atoms with Crippen molar-refractivity contribution in [1.82, 2.24) is 19.5 Å². The molecule has 5 rings (SSSR count). The average Bonchev–Trinajstić information content (AvgIpc) is 3.58. The summed E-state index contributed by atoms with van der Waals surface area (Å²) in [6.07, 6.45) is 2.46. The van der Waals surface area contributed by atoms with Crippen LogP contribution in [0.25, 0.3) is 0 Å². The molecule has 1 aromatic carbocycles. The summed E-state index contributed by atoms with van der Waals surface area (Å²) in [4.78, 5) is 60.0. The Kier molecular flexibility index (Phi) is 8.47. The third-order valence-electron chi connectivity index (χ3n) is 7.76. The number of benzene rings is 1. The zero-order valence-corrected chi connectivity index (χ0v) is 23.6. The lowest BCUT2D eigenvalue weighted by Gasteiger charge is -2.29. The number of hydrogen-bond donors (Lipinski definition) is 1. The lowest BCUT2D eigenvalue weighted by molar-refractivity contribution is -0.138. The Balaban J connectivity index is 1.28. The van der Waals surface area contributed by atoms with Crippen LogP contribution in [0.3, 0.4) is 0 Å². The molecule has 3 atom stereocenters. The van der Waals surface area contributed by atoms with Crippen molar-refractivity contribution in [3.05, 3.63) is 59.9 Å². The molecule has 0 aliphatic carbocycles. The molecule has 1 N–H and O–H groups in total. The fourth-order valence-corrected chi connectivity index (χ4v) is 7.17. The smallest absolute Gasteiger partial charge is 0.310 e. The highest BCUT2D eigenvalue weighted by Gasteiger charge is 2.55. The van der Waals surface area contributed by atoms with E-state index in [1.807, 2.05) is 19.1 Å². The number of Topliss-reactive ketones (excluding diaryl/α,β-unsaturated/α-hetero) is 1. The fraction of sp³-hybridized carbons (Fsp3) is 0.464. The van der Waals surface area contributed by atoms with E-state index in [4.69, 9.17) is 4.74 Å². The molecule has 3 unspecified atom stereocenters. The molecular formula is C28H33N5O7S. The zero-order valence-electron chi connectivity index (χ0n) is 22.8. The molecule has 0 saturated carbocycles. The van der Waals surface area contributed by atoms with E-state index in [-0.39, 0.29) is 18.7 Å². The summed E-state index contributed by atoms with van der Waals surface area (Å²) in [5, 5.41) is 1.63. The normalized spacial score (nSPS) is 21.9. The second-order valence-electron chi connectivity index (χ2n) is 10.3. The number of carbonyl (C=O) groups excluding carboxylic acids is 4. The number of nitrogens with one attached hydrogen (secondary N) is 1. The lowest BCUT2D eigenvalue weighted by atomic mass is 10.1. The van der Waals surface area contributed by atoms with E-state index in [2.05, 4.69) is 15.2 Å². The quantitative estimate of drug-likeness (QED) is 0.478. The van der Waals surface area contributed by atoms with E-state index in [0.29, 0.717) is 31.6 Å². The van der Waals surface area contributed by atoms with Crippen molar-refractivity contribution in [2.75, 3.05) is 44.3 Å². The molecule has 12 nitrogen and oxygen atoms in total. The van der Waals surface area contributed by atoms with Gasteiger partial charge in [0.1, 0.15) is 17.8 Å². The van der Waals surface area contributed by atoms with E-state index in [0.717, 1.165) is 23.1 Å². The highest BCUT2D eigenvalue weighted by Crippen LogP contribution is 2.33. The first kappa shape index (κ1) is 28.8. The summed E-state index contributed by atoms with van der Waals surface area (Å²) in [6.45, 7) is 4.35. The van der Waals surface area contributed by atoms with E-state index in [1.54, 1.807) is 18.2 Å². The van der Waals surface area contributed by atoms with Gasteiger partial charge in [-0.2, -0.15) is 4.31 Å². The van der Waals surface area contributed by atoms with E-state index in [9.17, 15) is 27.6 Å². The van der Waals surface area contributed by atoms with Crippen LogP contribution < -0.4 is 10.2 Å². The number of amides is 2. The molecule has 3 fully saturated rings. The lowest BCUT2D eigenvalue weighted by Crippen LogP contribution is -2.52. The van der Waals surface area contributed by atoms with Crippen molar-refractivity contribution in [1.29, 1.82) is 0 Å². The van der Waals surface area contributed by atoms with Gasteiger partial charge in [0.25, 0.3) is 15.9 Å². The standard InChI is InChI=1S/C28H33N5O7S/c1-2-5-21(30-26(35)19-7-9-20(10-8-19)31-14-16-40-17-15-31)27(36)32-13-11-23-25(32)24(34)18-33(23)41(38,39)28(37)22-6-3-4-12-29-22/h3-4,6-10,12,21,23,25H,2,5,11,13-18H2,1H3,(H,30,35). The third kappa shape index (κ3) is 5.74. The SMILES string of the molecule is CCCC(NC(=O)c1ccc(N2CCOCC2)cc1)C(=O)N1CCC2C1C(=O)CN2S(=O)(=O)C(=O)c1ccccn1. The maximum Gasteiger partial charge on any atom is 0.310 e. The summed E-state index contributed by atoms with van der Waals surface area (Å²) in [7, 11) is -4.53. The van der Waals surface area contributed by atoms with Gasteiger partial charge in [-0.1, -0.05) is 19.4 Å². The molecule has 2 aromatic rings. The number of carbonyl (C=O) groups is 4.